The minimum Gasteiger partial charge on any atom is -0.314 e. The van der Waals surface area contributed by atoms with Crippen LogP contribution in [-0.4, -0.2) is 12.6 Å². The summed E-state index contributed by atoms with van der Waals surface area (Å²) < 4.78 is 0. The summed E-state index contributed by atoms with van der Waals surface area (Å²) in [6.07, 6.45) is 8.33. The second-order valence-corrected chi connectivity index (χ2v) is 5.73. The van der Waals surface area contributed by atoms with Crippen LogP contribution in [0, 0.1) is 11.8 Å². The van der Waals surface area contributed by atoms with Gasteiger partial charge in [-0.05, 0) is 31.7 Å². The minimum absolute atomic E-state index is 0.697. The zero-order valence-electron chi connectivity index (χ0n) is 12.2. The molecule has 0 heterocycles. The molecule has 0 fully saturated rings. The van der Waals surface area contributed by atoms with Crippen LogP contribution in [0.2, 0.25) is 0 Å². The van der Waals surface area contributed by atoms with Gasteiger partial charge in [0, 0.05) is 6.04 Å². The van der Waals surface area contributed by atoms with Crippen LogP contribution in [0.5, 0.6) is 0 Å². The van der Waals surface area contributed by atoms with E-state index in [2.05, 4.69) is 39.9 Å². The normalized spacial score (nSPS) is 15.4. The smallest absolute Gasteiger partial charge is 0.00388 e. The highest BCUT2D eigenvalue weighted by atomic mass is 14.9. The van der Waals surface area contributed by atoms with E-state index in [0.29, 0.717) is 6.04 Å². The van der Waals surface area contributed by atoms with Crippen molar-refractivity contribution < 1.29 is 0 Å². The van der Waals surface area contributed by atoms with Gasteiger partial charge in [0.05, 0.1) is 0 Å². The molecule has 0 amide bonds. The molecular weight excluding hydrogens is 194 g/mol. The van der Waals surface area contributed by atoms with Gasteiger partial charge in [-0.2, -0.15) is 0 Å². The van der Waals surface area contributed by atoms with Crippen molar-refractivity contribution in [1.82, 2.24) is 5.32 Å². The van der Waals surface area contributed by atoms with Crippen LogP contribution in [0.3, 0.4) is 0 Å². The van der Waals surface area contributed by atoms with E-state index in [1.807, 2.05) is 0 Å². The number of rotatable bonds is 10. The maximum Gasteiger partial charge on any atom is 0.00388 e. The van der Waals surface area contributed by atoms with Crippen molar-refractivity contribution in [3.8, 4) is 0 Å². The lowest BCUT2D eigenvalue weighted by molar-refractivity contribution is 0.363. The number of hydrogen-bond acceptors (Lipinski definition) is 1. The van der Waals surface area contributed by atoms with E-state index in [4.69, 9.17) is 0 Å². The zero-order chi connectivity index (χ0) is 12.4. The molecule has 2 atom stereocenters. The quantitative estimate of drug-likeness (QED) is 0.537. The van der Waals surface area contributed by atoms with Gasteiger partial charge in [-0.15, -0.1) is 0 Å². The summed E-state index contributed by atoms with van der Waals surface area (Å²) in [5, 5.41) is 3.65. The molecule has 0 bridgehead atoms. The van der Waals surface area contributed by atoms with Gasteiger partial charge in [-0.1, -0.05) is 59.8 Å². The minimum atomic E-state index is 0.697. The molecule has 1 N–H and O–H groups in total. The third-order valence-corrected chi connectivity index (χ3v) is 3.67. The topological polar surface area (TPSA) is 12.0 Å². The molecular formula is C15H33N. The summed E-state index contributed by atoms with van der Waals surface area (Å²) in [4.78, 5) is 0. The Kier molecular flexibility index (Phi) is 10.1. The van der Waals surface area contributed by atoms with Gasteiger partial charge in [0.15, 0.2) is 0 Å². The Bertz CT molecular complexity index is 142. The Morgan fingerprint density at radius 3 is 2.06 bits per heavy atom. The summed E-state index contributed by atoms with van der Waals surface area (Å²) >= 11 is 0. The number of unbranched alkanes of at least 4 members (excludes halogenated alkanes) is 4. The molecule has 0 rings (SSSR count). The maximum atomic E-state index is 3.65. The van der Waals surface area contributed by atoms with E-state index in [0.717, 1.165) is 11.8 Å². The second-order valence-electron chi connectivity index (χ2n) is 5.73. The average molecular weight is 227 g/mol. The molecule has 0 aliphatic rings. The van der Waals surface area contributed by atoms with E-state index in [9.17, 15) is 0 Å². The van der Waals surface area contributed by atoms with E-state index in [1.165, 1.54) is 45.1 Å². The SMILES string of the molecule is CCCCCCCC(C)NCC(C)C(C)C. The standard InChI is InChI=1S/C15H33N/c1-6-7-8-9-10-11-15(5)16-12-14(4)13(2)3/h13-16H,6-12H2,1-5H3. The van der Waals surface area contributed by atoms with Crippen LogP contribution in [0.1, 0.15) is 73.1 Å². The van der Waals surface area contributed by atoms with Crippen molar-refractivity contribution in [2.24, 2.45) is 11.8 Å². The summed E-state index contributed by atoms with van der Waals surface area (Å²) in [7, 11) is 0. The van der Waals surface area contributed by atoms with E-state index in [1.54, 1.807) is 0 Å². The fraction of sp³-hybridized carbons (Fsp3) is 1.00. The van der Waals surface area contributed by atoms with Crippen LogP contribution < -0.4 is 5.32 Å². The highest BCUT2D eigenvalue weighted by Gasteiger charge is 2.08. The molecule has 2 unspecified atom stereocenters. The Morgan fingerprint density at radius 1 is 0.875 bits per heavy atom. The monoisotopic (exact) mass is 227 g/mol. The van der Waals surface area contributed by atoms with Crippen LogP contribution in [-0.2, 0) is 0 Å². The van der Waals surface area contributed by atoms with Gasteiger partial charge in [0.25, 0.3) is 0 Å². The summed E-state index contributed by atoms with van der Waals surface area (Å²) in [6, 6.07) is 0.697. The van der Waals surface area contributed by atoms with Crippen LogP contribution >= 0.6 is 0 Å². The summed E-state index contributed by atoms with van der Waals surface area (Å²) in [5.41, 5.74) is 0. The zero-order valence-corrected chi connectivity index (χ0v) is 12.2. The lowest BCUT2D eigenvalue weighted by Crippen LogP contribution is -2.31. The fourth-order valence-corrected chi connectivity index (χ4v) is 1.78. The van der Waals surface area contributed by atoms with Gasteiger partial charge in [-0.3, -0.25) is 0 Å². The van der Waals surface area contributed by atoms with Gasteiger partial charge in [-0.25, -0.2) is 0 Å². The maximum absolute atomic E-state index is 3.65. The van der Waals surface area contributed by atoms with Crippen LogP contribution in [0.25, 0.3) is 0 Å². The third kappa shape index (κ3) is 9.21. The van der Waals surface area contributed by atoms with Crippen LogP contribution in [0.4, 0.5) is 0 Å². The molecule has 0 aromatic carbocycles. The summed E-state index contributed by atoms with van der Waals surface area (Å²) in [6.45, 7) is 12.7. The molecule has 1 heteroatoms. The third-order valence-electron chi connectivity index (χ3n) is 3.67. The first kappa shape index (κ1) is 16.0. The number of nitrogens with one attached hydrogen (secondary N) is 1. The lowest BCUT2D eigenvalue weighted by Gasteiger charge is -2.20. The molecule has 0 aromatic rings. The first-order chi connectivity index (χ1) is 7.57. The first-order valence-electron chi connectivity index (χ1n) is 7.31. The molecule has 98 valence electrons. The van der Waals surface area contributed by atoms with Gasteiger partial charge >= 0.3 is 0 Å². The molecule has 16 heavy (non-hydrogen) atoms. The first-order valence-corrected chi connectivity index (χ1v) is 7.31. The lowest BCUT2D eigenvalue weighted by atomic mass is 9.97. The highest BCUT2D eigenvalue weighted by molar-refractivity contribution is 4.66. The van der Waals surface area contributed by atoms with Gasteiger partial charge < -0.3 is 5.32 Å². The Hall–Kier alpha value is -0.0400. The Balaban J connectivity index is 3.34. The van der Waals surface area contributed by atoms with Crippen molar-refractivity contribution in [3.05, 3.63) is 0 Å². The van der Waals surface area contributed by atoms with Crippen molar-refractivity contribution in [2.45, 2.75) is 79.2 Å². The predicted molar refractivity (Wildman–Crippen MR) is 74.8 cm³/mol. The van der Waals surface area contributed by atoms with E-state index >= 15 is 0 Å². The number of hydrogen-bond donors (Lipinski definition) is 1. The Morgan fingerprint density at radius 2 is 1.50 bits per heavy atom. The molecule has 0 aromatic heterocycles. The van der Waals surface area contributed by atoms with E-state index < -0.39 is 0 Å². The largest absolute Gasteiger partial charge is 0.314 e. The van der Waals surface area contributed by atoms with Gasteiger partial charge in [0.1, 0.15) is 0 Å². The summed E-state index contributed by atoms with van der Waals surface area (Å²) in [5.74, 6) is 1.59. The highest BCUT2D eigenvalue weighted by Crippen LogP contribution is 2.10. The van der Waals surface area contributed by atoms with Crippen LogP contribution in [0.15, 0.2) is 0 Å². The average Bonchev–Trinajstić information content (AvgIpc) is 2.25. The van der Waals surface area contributed by atoms with E-state index in [-0.39, 0.29) is 0 Å². The fourth-order valence-electron chi connectivity index (χ4n) is 1.78. The molecule has 0 aliphatic heterocycles. The molecule has 0 saturated heterocycles. The molecule has 0 radical (unpaired) electrons. The van der Waals surface area contributed by atoms with Crippen molar-refractivity contribution in [3.63, 3.8) is 0 Å². The molecule has 1 nitrogen and oxygen atoms in total. The second kappa shape index (κ2) is 10.1. The van der Waals surface area contributed by atoms with Crippen molar-refractivity contribution in [2.75, 3.05) is 6.54 Å². The Labute approximate surface area is 103 Å². The molecule has 0 aliphatic carbocycles. The predicted octanol–water partition coefficient (Wildman–Crippen LogP) is 4.62. The van der Waals surface area contributed by atoms with Crippen molar-refractivity contribution in [1.29, 1.82) is 0 Å². The molecule has 0 saturated carbocycles. The van der Waals surface area contributed by atoms with Gasteiger partial charge in [0.2, 0.25) is 0 Å². The van der Waals surface area contributed by atoms with Crippen molar-refractivity contribution >= 4 is 0 Å². The molecule has 0 spiro atoms.